The molecule has 0 aromatic heterocycles. The minimum Gasteiger partial charge on any atom is -0.342 e. The van der Waals surface area contributed by atoms with Gasteiger partial charge >= 0.3 is 0 Å². The maximum Gasteiger partial charge on any atom is 0.244 e. The number of hydrogen-bond donors (Lipinski definition) is 0. The van der Waals surface area contributed by atoms with Crippen LogP contribution in [0.1, 0.15) is 13.3 Å². The van der Waals surface area contributed by atoms with E-state index < -0.39 is 15.8 Å². The van der Waals surface area contributed by atoms with Crippen LogP contribution in [0.15, 0.2) is 23.1 Å². The molecular formula is C13H16ClFN2O3S. The molecule has 21 heavy (non-hydrogen) atoms. The van der Waals surface area contributed by atoms with Gasteiger partial charge in [0.15, 0.2) is 0 Å². The second-order valence-corrected chi connectivity index (χ2v) is 7.15. The van der Waals surface area contributed by atoms with E-state index in [1.54, 1.807) is 4.90 Å². The largest absolute Gasteiger partial charge is 0.342 e. The number of sulfonamides is 1. The van der Waals surface area contributed by atoms with Crippen LogP contribution in [0.5, 0.6) is 0 Å². The lowest BCUT2D eigenvalue weighted by molar-refractivity contribution is -0.128. The van der Waals surface area contributed by atoms with Crippen LogP contribution in [0, 0.1) is 5.82 Å². The lowest BCUT2D eigenvalue weighted by atomic mass is 10.3. The zero-order chi connectivity index (χ0) is 15.6. The number of hydrogen-bond acceptors (Lipinski definition) is 3. The molecule has 1 amide bonds. The highest BCUT2D eigenvalue weighted by atomic mass is 35.5. The van der Waals surface area contributed by atoms with Crippen LogP contribution < -0.4 is 0 Å². The van der Waals surface area contributed by atoms with Crippen molar-refractivity contribution in [2.75, 3.05) is 26.2 Å². The number of halogens is 2. The number of carbonyl (C=O) groups is 1. The third-order valence-corrected chi connectivity index (χ3v) is 5.79. The van der Waals surface area contributed by atoms with Crippen LogP contribution >= 0.6 is 11.6 Å². The van der Waals surface area contributed by atoms with E-state index in [1.165, 1.54) is 17.3 Å². The van der Waals surface area contributed by atoms with E-state index in [1.807, 2.05) is 0 Å². The first-order valence-electron chi connectivity index (χ1n) is 6.53. The molecule has 0 bridgehead atoms. The van der Waals surface area contributed by atoms with E-state index in [4.69, 9.17) is 11.6 Å². The summed E-state index contributed by atoms with van der Waals surface area (Å²) < 4.78 is 39.5. The van der Waals surface area contributed by atoms with Gasteiger partial charge in [0.05, 0.1) is 5.02 Å². The maximum atomic E-state index is 13.0. The Morgan fingerprint density at radius 2 is 1.95 bits per heavy atom. The second kappa shape index (κ2) is 6.29. The highest BCUT2D eigenvalue weighted by molar-refractivity contribution is 7.89. The highest BCUT2D eigenvalue weighted by Gasteiger charge is 2.29. The summed E-state index contributed by atoms with van der Waals surface area (Å²) in [6, 6.07) is 3.22. The smallest absolute Gasteiger partial charge is 0.244 e. The molecule has 1 aliphatic rings. The Hall–Kier alpha value is -1.18. The zero-order valence-electron chi connectivity index (χ0n) is 11.6. The standard InChI is InChI=1S/C13H16ClFN2O3S/c1-10(18)16-5-2-6-17(8-7-16)21(19,20)13-4-3-11(15)9-12(13)14/h3-4,9H,2,5-8H2,1H3. The molecular weight excluding hydrogens is 319 g/mol. The van der Waals surface area contributed by atoms with Crippen molar-refractivity contribution in [3.8, 4) is 0 Å². The summed E-state index contributed by atoms with van der Waals surface area (Å²) in [5.41, 5.74) is 0. The molecule has 0 radical (unpaired) electrons. The van der Waals surface area contributed by atoms with Crippen molar-refractivity contribution >= 4 is 27.5 Å². The highest BCUT2D eigenvalue weighted by Crippen LogP contribution is 2.26. The summed E-state index contributed by atoms with van der Waals surface area (Å²) in [4.78, 5) is 12.9. The van der Waals surface area contributed by atoms with Crippen LogP contribution in [0.25, 0.3) is 0 Å². The molecule has 116 valence electrons. The van der Waals surface area contributed by atoms with E-state index in [9.17, 15) is 17.6 Å². The van der Waals surface area contributed by atoms with Crippen molar-refractivity contribution in [3.05, 3.63) is 29.0 Å². The van der Waals surface area contributed by atoms with Crippen molar-refractivity contribution < 1.29 is 17.6 Å². The number of carbonyl (C=O) groups excluding carboxylic acids is 1. The van der Waals surface area contributed by atoms with E-state index >= 15 is 0 Å². The molecule has 8 heteroatoms. The summed E-state index contributed by atoms with van der Waals surface area (Å²) >= 11 is 5.84. The minimum atomic E-state index is -3.79. The first-order chi connectivity index (χ1) is 9.82. The van der Waals surface area contributed by atoms with Gasteiger partial charge in [-0.25, -0.2) is 12.8 Å². The van der Waals surface area contributed by atoms with Gasteiger partial charge in [0.1, 0.15) is 10.7 Å². The van der Waals surface area contributed by atoms with Gasteiger partial charge in [-0.1, -0.05) is 11.6 Å². The van der Waals surface area contributed by atoms with Crippen molar-refractivity contribution in [1.29, 1.82) is 0 Å². The van der Waals surface area contributed by atoms with Crippen LogP contribution in [0.3, 0.4) is 0 Å². The second-order valence-electron chi connectivity index (χ2n) is 4.84. The summed E-state index contributed by atoms with van der Waals surface area (Å²) in [5.74, 6) is -0.661. The van der Waals surface area contributed by atoms with Gasteiger partial charge in [-0.3, -0.25) is 4.79 Å². The summed E-state index contributed by atoms with van der Waals surface area (Å²) in [6.07, 6.45) is 0.553. The van der Waals surface area contributed by atoms with Gasteiger partial charge in [-0.2, -0.15) is 4.31 Å². The molecule has 1 fully saturated rings. The van der Waals surface area contributed by atoms with Gasteiger partial charge in [-0.05, 0) is 24.6 Å². The molecule has 1 saturated heterocycles. The SMILES string of the molecule is CC(=O)N1CCCN(S(=O)(=O)c2ccc(F)cc2Cl)CC1. The monoisotopic (exact) mass is 334 g/mol. The summed E-state index contributed by atoms with van der Waals surface area (Å²) in [6.45, 7) is 2.84. The van der Waals surface area contributed by atoms with Crippen molar-refractivity contribution in [3.63, 3.8) is 0 Å². The maximum absolute atomic E-state index is 13.0. The topological polar surface area (TPSA) is 57.7 Å². The molecule has 0 aliphatic carbocycles. The fourth-order valence-corrected chi connectivity index (χ4v) is 4.25. The molecule has 0 spiro atoms. The lowest BCUT2D eigenvalue weighted by Crippen LogP contribution is -2.36. The molecule has 5 nitrogen and oxygen atoms in total. The minimum absolute atomic E-state index is 0.0749. The number of amides is 1. The third-order valence-electron chi connectivity index (χ3n) is 3.41. The Kier molecular flexibility index (Phi) is 4.85. The molecule has 0 N–H and O–H groups in total. The predicted molar refractivity (Wildman–Crippen MR) is 77.0 cm³/mol. The van der Waals surface area contributed by atoms with E-state index in [0.29, 0.717) is 26.1 Å². The fourth-order valence-electron chi connectivity index (χ4n) is 2.27. The molecule has 2 rings (SSSR count). The first-order valence-corrected chi connectivity index (χ1v) is 8.35. The van der Waals surface area contributed by atoms with Crippen molar-refractivity contribution in [1.82, 2.24) is 9.21 Å². The van der Waals surface area contributed by atoms with Gasteiger partial charge in [0.25, 0.3) is 0 Å². The van der Waals surface area contributed by atoms with Gasteiger partial charge in [0.2, 0.25) is 15.9 Å². The normalized spacial score (nSPS) is 17.6. The van der Waals surface area contributed by atoms with Crippen molar-refractivity contribution in [2.24, 2.45) is 0 Å². The Morgan fingerprint density at radius 3 is 2.57 bits per heavy atom. The average Bonchev–Trinajstić information content (AvgIpc) is 2.64. The fraction of sp³-hybridized carbons (Fsp3) is 0.462. The predicted octanol–water partition coefficient (Wildman–Crippen LogP) is 1.72. The van der Waals surface area contributed by atoms with Crippen LogP contribution in [-0.2, 0) is 14.8 Å². The van der Waals surface area contributed by atoms with Gasteiger partial charge in [-0.15, -0.1) is 0 Å². The summed E-state index contributed by atoms with van der Waals surface area (Å²) in [5, 5.41) is -0.136. The van der Waals surface area contributed by atoms with Crippen molar-refractivity contribution in [2.45, 2.75) is 18.2 Å². The number of rotatable bonds is 2. The molecule has 1 aromatic rings. The van der Waals surface area contributed by atoms with Gasteiger partial charge in [0, 0.05) is 33.1 Å². The Labute approximate surface area is 128 Å². The summed E-state index contributed by atoms with van der Waals surface area (Å²) in [7, 11) is -3.79. The molecule has 0 unspecified atom stereocenters. The molecule has 0 atom stereocenters. The Balaban J connectivity index is 2.25. The van der Waals surface area contributed by atoms with Crippen LogP contribution in [0.4, 0.5) is 4.39 Å². The molecule has 1 aromatic carbocycles. The van der Waals surface area contributed by atoms with Crippen LogP contribution in [-0.4, -0.2) is 49.7 Å². The number of benzene rings is 1. The van der Waals surface area contributed by atoms with Gasteiger partial charge < -0.3 is 4.90 Å². The van der Waals surface area contributed by atoms with E-state index in [2.05, 4.69) is 0 Å². The van der Waals surface area contributed by atoms with Crippen LogP contribution in [0.2, 0.25) is 5.02 Å². The quantitative estimate of drug-likeness (QED) is 0.827. The zero-order valence-corrected chi connectivity index (χ0v) is 13.1. The first kappa shape index (κ1) is 16.2. The van der Waals surface area contributed by atoms with E-state index in [-0.39, 0.29) is 22.4 Å². The number of nitrogens with zero attached hydrogens (tertiary/aromatic N) is 2. The average molecular weight is 335 g/mol. The lowest BCUT2D eigenvalue weighted by Gasteiger charge is -2.21. The Bertz CT molecular complexity index is 651. The molecule has 0 saturated carbocycles. The molecule has 1 heterocycles. The van der Waals surface area contributed by atoms with E-state index in [0.717, 1.165) is 12.1 Å². The third kappa shape index (κ3) is 3.53. The molecule has 1 aliphatic heterocycles. The Morgan fingerprint density at radius 1 is 1.24 bits per heavy atom.